The normalized spacial score (nSPS) is 17.3. The molecule has 0 N–H and O–H groups in total. The fraction of sp³-hybridized carbons (Fsp3) is 0.300. The standard InChI is InChI=1S/C20H20ClN3O2/c1-3-23-16-7-5-4-6-15(16)22-20(23)13-10-19(25)24(12-13)17-11-14(21)8-9-18(17)26-2/h4-9,11,13H,3,10,12H2,1-2H3. The number of carbonyl (C=O) groups is 1. The number of para-hydroxylation sites is 2. The number of hydrogen-bond acceptors (Lipinski definition) is 3. The van der Waals surface area contributed by atoms with Crippen molar-refractivity contribution < 1.29 is 9.53 Å². The van der Waals surface area contributed by atoms with Crippen molar-refractivity contribution in [2.45, 2.75) is 25.8 Å². The summed E-state index contributed by atoms with van der Waals surface area (Å²) in [5.74, 6) is 1.71. The van der Waals surface area contributed by atoms with Crippen LogP contribution in [0.4, 0.5) is 5.69 Å². The van der Waals surface area contributed by atoms with E-state index >= 15 is 0 Å². The molecule has 1 atom stereocenters. The molecule has 3 aromatic rings. The van der Waals surface area contributed by atoms with Crippen molar-refractivity contribution in [1.29, 1.82) is 0 Å². The van der Waals surface area contributed by atoms with Crippen molar-refractivity contribution in [3.05, 3.63) is 53.3 Å². The molecule has 1 amide bonds. The first-order chi connectivity index (χ1) is 12.6. The Bertz CT molecular complexity index is 982. The van der Waals surface area contributed by atoms with Gasteiger partial charge < -0.3 is 14.2 Å². The minimum atomic E-state index is 0.0403. The maximum Gasteiger partial charge on any atom is 0.227 e. The molecule has 6 heteroatoms. The zero-order chi connectivity index (χ0) is 18.3. The lowest BCUT2D eigenvalue weighted by atomic mass is 10.1. The van der Waals surface area contributed by atoms with Crippen LogP contribution in [0.25, 0.3) is 11.0 Å². The van der Waals surface area contributed by atoms with Crippen molar-refractivity contribution in [3.8, 4) is 5.75 Å². The number of fused-ring (bicyclic) bond motifs is 1. The highest BCUT2D eigenvalue weighted by Crippen LogP contribution is 2.38. The van der Waals surface area contributed by atoms with Crippen molar-refractivity contribution in [3.63, 3.8) is 0 Å². The Morgan fingerprint density at radius 2 is 2.08 bits per heavy atom. The molecule has 1 aliphatic rings. The van der Waals surface area contributed by atoms with E-state index in [-0.39, 0.29) is 11.8 Å². The van der Waals surface area contributed by atoms with Gasteiger partial charge in [0.05, 0.1) is 23.8 Å². The summed E-state index contributed by atoms with van der Waals surface area (Å²) >= 11 is 6.14. The van der Waals surface area contributed by atoms with E-state index in [1.54, 1.807) is 30.2 Å². The van der Waals surface area contributed by atoms with E-state index in [4.69, 9.17) is 21.3 Å². The van der Waals surface area contributed by atoms with E-state index in [0.717, 1.165) is 23.4 Å². The first kappa shape index (κ1) is 16.9. The van der Waals surface area contributed by atoms with Crippen molar-refractivity contribution in [2.24, 2.45) is 0 Å². The van der Waals surface area contributed by atoms with Gasteiger partial charge in [-0.1, -0.05) is 23.7 Å². The number of halogens is 1. The van der Waals surface area contributed by atoms with Crippen LogP contribution in [0.15, 0.2) is 42.5 Å². The third-order valence-electron chi connectivity index (χ3n) is 4.92. The largest absolute Gasteiger partial charge is 0.495 e. The van der Waals surface area contributed by atoms with Crippen molar-refractivity contribution in [1.82, 2.24) is 9.55 Å². The summed E-state index contributed by atoms with van der Waals surface area (Å²) in [6, 6.07) is 13.4. The van der Waals surface area contributed by atoms with Crippen LogP contribution in [-0.4, -0.2) is 29.1 Å². The third-order valence-corrected chi connectivity index (χ3v) is 5.16. The summed E-state index contributed by atoms with van der Waals surface area (Å²) < 4.78 is 7.62. The lowest BCUT2D eigenvalue weighted by Crippen LogP contribution is -2.25. The molecule has 1 saturated heterocycles. The van der Waals surface area contributed by atoms with E-state index < -0.39 is 0 Å². The maximum atomic E-state index is 12.7. The SMILES string of the molecule is CCn1c(C2CC(=O)N(c3cc(Cl)ccc3OC)C2)nc2ccccc21. The van der Waals surface area contributed by atoms with Crippen LogP contribution >= 0.6 is 11.6 Å². The summed E-state index contributed by atoms with van der Waals surface area (Å²) in [6.07, 6.45) is 0.430. The minimum absolute atomic E-state index is 0.0403. The second-order valence-electron chi connectivity index (χ2n) is 6.42. The smallest absolute Gasteiger partial charge is 0.227 e. The number of imidazole rings is 1. The van der Waals surface area contributed by atoms with Gasteiger partial charge in [0, 0.05) is 30.5 Å². The molecular formula is C20H20ClN3O2. The monoisotopic (exact) mass is 369 g/mol. The van der Waals surface area contributed by atoms with E-state index in [0.29, 0.717) is 29.4 Å². The lowest BCUT2D eigenvalue weighted by Gasteiger charge is -2.20. The Balaban J connectivity index is 1.72. The average Bonchev–Trinajstić information content (AvgIpc) is 3.21. The molecule has 1 fully saturated rings. The number of methoxy groups -OCH3 is 1. The van der Waals surface area contributed by atoms with Gasteiger partial charge in [0.2, 0.25) is 5.91 Å². The summed E-state index contributed by atoms with van der Waals surface area (Å²) in [7, 11) is 1.60. The van der Waals surface area contributed by atoms with E-state index in [2.05, 4.69) is 17.6 Å². The Hall–Kier alpha value is -2.53. The molecule has 0 bridgehead atoms. The fourth-order valence-corrected chi connectivity index (χ4v) is 3.89. The molecule has 0 aliphatic carbocycles. The minimum Gasteiger partial charge on any atom is -0.495 e. The summed E-state index contributed by atoms with van der Waals surface area (Å²) in [5.41, 5.74) is 2.79. The van der Waals surface area contributed by atoms with Crippen LogP contribution in [0.3, 0.4) is 0 Å². The number of ether oxygens (including phenoxy) is 1. The average molecular weight is 370 g/mol. The molecule has 1 aromatic heterocycles. The van der Waals surface area contributed by atoms with Crippen molar-refractivity contribution in [2.75, 3.05) is 18.6 Å². The molecule has 0 radical (unpaired) electrons. The molecule has 2 aromatic carbocycles. The van der Waals surface area contributed by atoms with Gasteiger partial charge in [0.15, 0.2) is 0 Å². The zero-order valence-electron chi connectivity index (χ0n) is 14.8. The molecule has 0 spiro atoms. The topological polar surface area (TPSA) is 47.4 Å². The summed E-state index contributed by atoms with van der Waals surface area (Å²) in [6.45, 7) is 3.49. The highest BCUT2D eigenvalue weighted by atomic mass is 35.5. The highest BCUT2D eigenvalue weighted by molar-refractivity contribution is 6.31. The zero-order valence-corrected chi connectivity index (χ0v) is 15.5. The predicted molar refractivity (Wildman–Crippen MR) is 103 cm³/mol. The number of amides is 1. The number of hydrogen-bond donors (Lipinski definition) is 0. The Morgan fingerprint density at radius 3 is 2.85 bits per heavy atom. The third kappa shape index (κ3) is 2.72. The fourth-order valence-electron chi connectivity index (χ4n) is 3.73. The van der Waals surface area contributed by atoms with Gasteiger partial charge in [-0.2, -0.15) is 0 Å². The number of carbonyl (C=O) groups excluding carboxylic acids is 1. The van der Waals surface area contributed by atoms with Gasteiger partial charge in [-0.05, 0) is 37.3 Å². The number of aromatic nitrogens is 2. The molecule has 4 rings (SSSR count). The van der Waals surface area contributed by atoms with Crippen LogP contribution in [-0.2, 0) is 11.3 Å². The molecule has 2 heterocycles. The van der Waals surface area contributed by atoms with Crippen LogP contribution in [0.1, 0.15) is 25.1 Å². The highest BCUT2D eigenvalue weighted by Gasteiger charge is 2.35. The maximum absolute atomic E-state index is 12.7. The number of aryl methyl sites for hydroxylation is 1. The van der Waals surface area contributed by atoms with Gasteiger partial charge in [-0.3, -0.25) is 4.79 Å². The Morgan fingerprint density at radius 1 is 1.27 bits per heavy atom. The number of anilines is 1. The van der Waals surface area contributed by atoms with E-state index in [9.17, 15) is 4.79 Å². The number of rotatable bonds is 4. The first-order valence-corrected chi connectivity index (χ1v) is 9.09. The molecule has 1 unspecified atom stereocenters. The molecule has 5 nitrogen and oxygen atoms in total. The second-order valence-corrected chi connectivity index (χ2v) is 6.86. The van der Waals surface area contributed by atoms with Crippen LogP contribution in [0.2, 0.25) is 5.02 Å². The molecular weight excluding hydrogens is 350 g/mol. The van der Waals surface area contributed by atoms with Crippen LogP contribution < -0.4 is 9.64 Å². The number of benzene rings is 2. The molecule has 0 saturated carbocycles. The van der Waals surface area contributed by atoms with Gasteiger partial charge >= 0.3 is 0 Å². The molecule has 134 valence electrons. The van der Waals surface area contributed by atoms with Crippen LogP contribution in [0.5, 0.6) is 5.75 Å². The van der Waals surface area contributed by atoms with E-state index in [1.807, 2.05) is 18.2 Å². The quantitative estimate of drug-likeness (QED) is 0.691. The first-order valence-electron chi connectivity index (χ1n) is 8.71. The van der Waals surface area contributed by atoms with E-state index in [1.165, 1.54) is 0 Å². The molecule has 1 aliphatic heterocycles. The van der Waals surface area contributed by atoms with Gasteiger partial charge in [-0.25, -0.2) is 4.98 Å². The Labute approximate surface area is 157 Å². The van der Waals surface area contributed by atoms with Gasteiger partial charge in [0.25, 0.3) is 0 Å². The Kier molecular flexibility index (Phi) is 4.32. The van der Waals surface area contributed by atoms with Gasteiger partial charge in [-0.15, -0.1) is 0 Å². The predicted octanol–water partition coefficient (Wildman–Crippen LogP) is 4.24. The number of nitrogens with zero attached hydrogens (tertiary/aromatic N) is 3. The summed E-state index contributed by atoms with van der Waals surface area (Å²) in [4.78, 5) is 19.3. The summed E-state index contributed by atoms with van der Waals surface area (Å²) in [5, 5.41) is 0.581. The van der Waals surface area contributed by atoms with Crippen molar-refractivity contribution >= 4 is 34.2 Å². The second kappa shape index (κ2) is 6.65. The van der Waals surface area contributed by atoms with Gasteiger partial charge in [0.1, 0.15) is 11.6 Å². The lowest BCUT2D eigenvalue weighted by molar-refractivity contribution is -0.117. The van der Waals surface area contributed by atoms with Crippen LogP contribution in [0, 0.1) is 0 Å². The molecule has 26 heavy (non-hydrogen) atoms.